The fraction of sp³-hybridized carbons (Fsp3) is 0.647. The molecule has 2 heterocycles. The molecule has 8 heteroatoms. The van der Waals surface area contributed by atoms with E-state index in [-0.39, 0.29) is 17.2 Å². The van der Waals surface area contributed by atoms with Crippen LogP contribution in [0.3, 0.4) is 0 Å². The van der Waals surface area contributed by atoms with Gasteiger partial charge in [-0.25, -0.2) is 18.4 Å². The normalized spacial score (nSPS) is 29.7. The lowest BCUT2D eigenvalue weighted by molar-refractivity contribution is 0.281. The van der Waals surface area contributed by atoms with Gasteiger partial charge < -0.3 is 15.6 Å². The van der Waals surface area contributed by atoms with Crippen LogP contribution in [0.25, 0.3) is 11.0 Å². The summed E-state index contributed by atoms with van der Waals surface area (Å²) in [5, 5.41) is 0.779. The second-order valence-corrected chi connectivity index (χ2v) is 9.89. The third kappa shape index (κ3) is 3.13. The lowest BCUT2D eigenvalue weighted by Gasteiger charge is -2.42. The van der Waals surface area contributed by atoms with Crippen LogP contribution in [0.2, 0.25) is 0 Å². The standard InChI is InChI=1S/C17H25N5O2S/c1-22(17-15-4-5-19-16(15)20-10-21-17)13-6-11(7-13)9-25(23,24)14-3-2-12(18)8-14/h4-5,10-14H,2-3,6-9,18H2,1H3,(H,19,20,21)/t11-,12-,13+,14-/m1/s1. The predicted octanol–water partition coefficient (Wildman–Crippen LogP) is 1.47. The van der Waals surface area contributed by atoms with Crippen LogP contribution in [0, 0.1) is 5.92 Å². The first-order valence-electron chi connectivity index (χ1n) is 8.92. The van der Waals surface area contributed by atoms with Gasteiger partial charge in [0.1, 0.15) is 17.8 Å². The van der Waals surface area contributed by atoms with Crippen molar-refractivity contribution < 1.29 is 8.42 Å². The van der Waals surface area contributed by atoms with E-state index in [4.69, 9.17) is 5.73 Å². The Labute approximate surface area is 147 Å². The van der Waals surface area contributed by atoms with E-state index in [2.05, 4.69) is 19.9 Å². The average Bonchev–Trinajstić information content (AvgIpc) is 3.18. The zero-order valence-electron chi connectivity index (χ0n) is 14.4. The third-order valence-electron chi connectivity index (χ3n) is 5.83. The summed E-state index contributed by atoms with van der Waals surface area (Å²) in [5.74, 6) is 1.45. The van der Waals surface area contributed by atoms with E-state index in [9.17, 15) is 8.42 Å². The lowest BCUT2D eigenvalue weighted by atomic mass is 9.81. The first-order chi connectivity index (χ1) is 11.9. The molecule has 2 aromatic rings. The lowest BCUT2D eigenvalue weighted by Crippen LogP contribution is -2.46. The maximum atomic E-state index is 12.6. The van der Waals surface area contributed by atoms with Gasteiger partial charge in [-0.2, -0.15) is 0 Å². The Kier molecular flexibility index (Phi) is 4.19. The van der Waals surface area contributed by atoms with E-state index in [1.54, 1.807) is 6.33 Å². The fourth-order valence-electron chi connectivity index (χ4n) is 4.23. The molecule has 0 spiro atoms. The Bertz CT molecular complexity index is 859. The summed E-state index contributed by atoms with van der Waals surface area (Å²) in [4.78, 5) is 13.9. The summed E-state index contributed by atoms with van der Waals surface area (Å²) >= 11 is 0. The van der Waals surface area contributed by atoms with E-state index in [0.717, 1.165) is 42.5 Å². The number of nitrogens with one attached hydrogen (secondary N) is 1. The summed E-state index contributed by atoms with van der Waals surface area (Å²) in [6.07, 6.45) is 7.40. The maximum Gasteiger partial charge on any atom is 0.153 e. The number of aromatic nitrogens is 3. The Morgan fingerprint density at radius 3 is 2.80 bits per heavy atom. The zero-order valence-corrected chi connectivity index (χ0v) is 15.2. The van der Waals surface area contributed by atoms with Gasteiger partial charge in [0.05, 0.1) is 16.4 Å². The number of sulfone groups is 1. The summed E-state index contributed by atoms with van der Waals surface area (Å²) in [6, 6.07) is 2.37. The zero-order chi connectivity index (χ0) is 17.6. The quantitative estimate of drug-likeness (QED) is 0.833. The maximum absolute atomic E-state index is 12.6. The number of hydrogen-bond donors (Lipinski definition) is 2. The Balaban J connectivity index is 1.38. The number of aromatic amines is 1. The number of H-pyrrole nitrogens is 1. The molecule has 0 saturated heterocycles. The molecule has 7 nitrogen and oxygen atoms in total. The highest BCUT2D eigenvalue weighted by molar-refractivity contribution is 7.92. The molecule has 2 aliphatic carbocycles. The molecule has 2 fully saturated rings. The van der Waals surface area contributed by atoms with Crippen molar-refractivity contribution in [1.29, 1.82) is 0 Å². The minimum atomic E-state index is -3.02. The summed E-state index contributed by atoms with van der Waals surface area (Å²) in [6.45, 7) is 0. The van der Waals surface area contributed by atoms with Gasteiger partial charge in [0.15, 0.2) is 9.84 Å². The number of fused-ring (bicyclic) bond motifs is 1. The molecule has 2 aliphatic rings. The van der Waals surface area contributed by atoms with Crippen molar-refractivity contribution in [2.75, 3.05) is 17.7 Å². The summed E-state index contributed by atoms with van der Waals surface area (Å²) in [7, 11) is -0.994. The van der Waals surface area contributed by atoms with Crippen molar-refractivity contribution in [3.05, 3.63) is 18.6 Å². The number of rotatable bonds is 5. The molecule has 4 rings (SSSR count). The van der Waals surface area contributed by atoms with Crippen LogP contribution >= 0.6 is 0 Å². The van der Waals surface area contributed by atoms with Gasteiger partial charge in [0.2, 0.25) is 0 Å². The molecule has 25 heavy (non-hydrogen) atoms. The van der Waals surface area contributed by atoms with Crippen molar-refractivity contribution in [1.82, 2.24) is 15.0 Å². The van der Waals surface area contributed by atoms with Crippen LogP contribution in [-0.4, -0.2) is 53.5 Å². The van der Waals surface area contributed by atoms with Crippen LogP contribution in [0.5, 0.6) is 0 Å². The topological polar surface area (TPSA) is 105 Å². The van der Waals surface area contributed by atoms with Gasteiger partial charge >= 0.3 is 0 Å². The number of nitrogens with zero attached hydrogens (tertiary/aromatic N) is 3. The molecule has 0 radical (unpaired) electrons. The van der Waals surface area contributed by atoms with E-state index in [0.29, 0.717) is 18.2 Å². The van der Waals surface area contributed by atoms with Gasteiger partial charge in [0.25, 0.3) is 0 Å². The van der Waals surface area contributed by atoms with E-state index < -0.39 is 9.84 Å². The smallest absolute Gasteiger partial charge is 0.153 e. The number of anilines is 1. The third-order valence-corrected chi connectivity index (χ3v) is 8.21. The van der Waals surface area contributed by atoms with Crippen molar-refractivity contribution in [3.8, 4) is 0 Å². The van der Waals surface area contributed by atoms with Crippen LogP contribution < -0.4 is 10.6 Å². The second kappa shape index (κ2) is 6.25. The van der Waals surface area contributed by atoms with Crippen LogP contribution in [0.15, 0.2) is 18.6 Å². The van der Waals surface area contributed by atoms with Crippen molar-refractivity contribution in [3.63, 3.8) is 0 Å². The van der Waals surface area contributed by atoms with Crippen LogP contribution in [0.4, 0.5) is 5.82 Å². The van der Waals surface area contributed by atoms with Gasteiger partial charge in [-0.1, -0.05) is 0 Å². The fourth-order valence-corrected chi connectivity index (χ4v) is 6.47. The van der Waals surface area contributed by atoms with Gasteiger partial charge in [-0.05, 0) is 44.1 Å². The SMILES string of the molecule is CN(c1ncnc2[nH]ccc12)[C@H]1C[C@@H](CS(=O)(=O)[C@@H]2CC[C@@H](N)C2)C1. The molecule has 3 N–H and O–H groups in total. The number of hydrogen-bond acceptors (Lipinski definition) is 6. The molecule has 0 aliphatic heterocycles. The Morgan fingerprint density at radius 1 is 1.28 bits per heavy atom. The minimum absolute atomic E-state index is 0.0570. The summed E-state index contributed by atoms with van der Waals surface area (Å²) < 4.78 is 25.1. The highest BCUT2D eigenvalue weighted by Gasteiger charge is 2.40. The molecule has 2 atom stereocenters. The average molecular weight is 363 g/mol. The van der Waals surface area contributed by atoms with E-state index >= 15 is 0 Å². The molecule has 2 saturated carbocycles. The van der Waals surface area contributed by atoms with Crippen LogP contribution in [0.1, 0.15) is 32.1 Å². The molecule has 0 amide bonds. The largest absolute Gasteiger partial charge is 0.356 e. The summed E-state index contributed by atoms with van der Waals surface area (Å²) in [5.41, 5.74) is 6.70. The molecule has 136 valence electrons. The highest BCUT2D eigenvalue weighted by Crippen LogP contribution is 2.37. The van der Waals surface area contributed by atoms with Crippen molar-refractivity contribution >= 4 is 26.7 Å². The van der Waals surface area contributed by atoms with Crippen LogP contribution in [-0.2, 0) is 9.84 Å². The first-order valence-corrected chi connectivity index (χ1v) is 10.6. The number of nitrogens with two attached hydrogens (primary N) is 1. The monoisotopic (exact) mass is 363 g/mol. The van der Waals surface area contributed by atoms with E-state index in [1.165, 1.54) is 0 Å². The first kappa shape index (κ1) is 16.8. The molecule has 0 aromatic carbocycles. The second-order valence-electron chi connectivity index (χ2n) is 7.56. The molecule has 0 bridgehead atoms. The molecular weight excluding hydrogens is 338 g/mol. The minimum Gasteiger partial charge on any atom is -0.356 e. The van der Waals surface area contributed by atoms with Gasteiger partial charge in [-0.3, -0.25) is 0 Å². The van der Waals surface area contributed by atoms with Crippen molar-refractivity contribution in [2.45, 2.75) is 49.4 Å². The molecule has 0 unspecified atom stereocenters. The van der Waals surface area contributed by atoms with Crippen molar-refractivity contribution in [2.24, 2.45) is 11.7 Å². The Hall–Kier alpha value is -1.67. The molecule has 2 aromatic heterocycles. The predicted molar refractivity (Wildman–Crippen MR) is 98.2 cm³/mol. The Morgan fingerprint density at radius 2 is 2.08 bits per heavy atom. The van der Waals surface area contributed by atoms with E-state index in [1.807, 2.05) is 19.3 Å². The van der Waals surface area contributed by atoms with Gasteiger partial charge in [-0.15, -0.1) is 0 Å². The van der Waals surface area contributed by atoms with Gasteiger partial charge in [0, 0.05) is 25.3 Å². The highest BCUT2D eigenvalue weighted by atomic mass is 32.2. The molecular formula is C17H25N5O2S.